The molecule has 9 heteroatoms. The highest BCUT2D eigenvalue weighted by Gasteiger charge is 2.33. The summed E-state index contributed by atoms with van der Waals surface area (Å²) in [7, 11) is 1.58. The molecular weight excluding hydrogens is 419 g/mol. The van der Waals surface area contributed by atoms with Crippen molar-refractivity contribution in [3.8, 4) is 0 Å². The summed E-state index contributed by atoms with van der Waals surface area (Å²) in [6.45, 7) is 3.48. The third kappa shape index (κ3) is 6.47. The molecule has 0 spiro atoms. The molecule has 0 fully saturated rings. The maximum atomic E-state index is 12.9. The molecule has 2 aromatic rings. The Morgan fingerprint density at radius 2 is 1.67 bits per heavy atom. The van der Waals surface area contributed by atoms with Crippen LogP contribution in [0.15, 0.2) is 42.5 Å². The monoisotopic (exact) mass is 441 g/mol. The van der Waals surface area contributed by atoms with Crippen molar-refractivity contribution in [3.05, 3.63) is 58.6 Å². The third-order valence-electron chi connectivity index (χ3n) is 4.62. The summed E-state index contributed by atoms with van der Waals surface area (Å²) >= 11 is 5.58. The topological polar surface area (TPSA) is 61.4 Å². The summed E-state index contributed by atoms with van der Waals surface area (Å²) in [6, 6.07) is 9.92. The minimum Gasteiger partial charge on any atom is -0.325 e. The lowest BCUT2D eigenvalue weighted by atomic mass is 10.1. The highest BCUT2D eigenvalue weighted by Crippen LogP contribution is 2.36. The number of hydrogen-bond donors (Lipinski definition) is 2. The number of nitrogens with one attached hydrogen (secondary N) is 2. The Morgan fingerprint density at radius 1 is 1.07 bits per heavy atom. The average Bonchev–Trinajstić information content (AvgIpc) is 2.68. The predicted molar refractivity (Wildman–Crippen MR) is 112 cm³/mol. The van der Waals surface area contributed by atoms with Gasteiger partial charge in [-0.15, -0.1) is 0 Å². The van der Waals surface area contributed by atoms with Gasteiger partial charge in [-0.05, 0) is 56.3 Å². The molecule has 0 aliphatic carbocycles. The standard InChI is InChI=1S/C21H23ClF3N3O2/c1-4-14-5-7-15(8-6-14)27-20(30)13(2)28(3)12-19(29)26-16-9-10-18(22)17(11-16)21(23,24)25/h5-11,13H,4,12H2,1-3H3,(H,26,29)(H,27,30)/t13-/m1/s1. The van der Waals surface area contributed by atoms with Gasteiger partial charge in [0.1, 0.15) is 0 Å². The first kappa shape index (κ1) is 23.7. The first-order valence-electron chi connectivity index (χ1n) is 9.28. The molecule has 0 heterocycles. The quantitative estimate of drug-likeness (QED) is 0.647. The summed E-state index contributed by atoms with van der Waals surface area (Å²) in [5.74, 6) is -0.861. The van der Waals surface area contributed by atoms with Gasteiger partial charge in [-0.2, -0.15) is 13.2 Å². The van der Waals surface area contributed by atoms with Gasteiger partial charge in [0.05, 0.1) is 23.2 Å². The van der Waals surface area contributed by atoms with Gasteiger partial charge in [-0.1, -0.05) is 30.7 Å². The maximum Gasteiger partial charge on any atom is 0.417 e. The second kappa shape index (κ2) is 9.95. The zero-order valence-corrected chi connectivity index (χ0v) is 17.6. The summed E-state index contributed by atoms with van der Waals surface area (Å²) < 4.78 is 38.8. The van der Waals surface area contributed by atoms with E-state index in [9.17, 15) is 22.8 Å². The number of halogens is 4. The molecule has 0 aliphatic rings. The Hall–Kier alpha value is -2.58. The largest absolute Gasteiger partial charge is 0.417 e. The fourth-order valence-corrected chi connectivity index (χ4v) is 2.88. The van der Waals surface area contributed by atoms with Crippen molar-refractivity contribution in [2.45, 2.75) is 32.5 Å². The minimum absolute atomic E-state index is 0.0294. The number of carbonyl (C=O) groups is 2. The first-order chi connectivity index (χ1) is 14.0. The number of likely N-dealkylation sites (N-methyl/N-ethyl adjacent to an activating group) is 1. The second-order valence-corrected chi connectivity index (χ2v) is 7.28. The summed E-state index contributed by atoms with van der Waals surface area (Å²) in [6.07, 6.45) is -3.74. The van der Waals surface area contributed by atoms with Gasteiger partial charge in [0.2, 0.25) is 11.8 Å². The van der Waals surface area contributed by atoms with Gasteiger partial charge >= 0.3 is 6.18 Å². The van der Waals surface area contributed by atoms with Crippen LogP contribution in [0.25, 0.3) is 0 Å². The molecule has 0 saturated carbocycles. The molecule has 0 saturated heterocycles. The third-order valence-corrected chi connectivity index (χ3v) is 4.95. The van der Waals surface area contributed by atoms with Crippen molar-refractivity contribution in [2.24, 2.45) is 0 Å². The second-order valence-electron chi connectivity index (χ2n) is 6.87. The van der Waals surface area contributed by atoms with Crippen molar-refractivity contribution < 1.29 is 22.8 Å². The van der Waals surface area contributed by atoms with Crippen molar-refractivity contribution in [2.75, 3.05) is 24.2 Å². The number of carbonyl (C=O) groups excluding carboxylic acids is 2. The van der Waals surface area contributed by atoms with Crippen LogP contribution < -0.4 is 10.6 Å². The van der Waals surface area contributed by atoms with Gasteiger partial charge in [0, 0.05) is 11.4 Å². The molecule has 30 heavy (non-hydrogen) atoms. The van der Waals surface area contributed by atoms with Gasteiger partial charge in [0.25, 0.3) is 0 Å². The Morgan fingerprint density at radius 3 is 2.23 bits per heavy atom. The van der Waals surface area contributed by atoms with Crippen molar-refractivity contribution in [1.29, 1.82) is 0 Å². The van der Waals surface area contributed by atoms with Crippen LogP contribution in [0.1, 0.15) is 25.0 Å². The fourth-order valence-electron chi connectivity index (χ4n) is 2.65. The van der Waals surface area contributed by atoms with E-state index < -0.39 is 28.7 Å². The maximum absolute atomic E-state index is 12.9. The highest BCUT2D eigenvalue weighted by atomic mass is 35.5. The lowest BCUT2D eigenvalue weighted by molar-refractivity contribution is -0.137. The van der Waals surface area contributed by atoms with Crippen LogP contribution in [0.2, 0.25) is 5.02 Å². The molecule has 2 aromatic carbocycles. The van der Waals surface area contributed by atoms with Crippen molar-refractivity contribution in [3.63, 3.8) is 0 Å². The molecule has 5 nitrogen and oxygen atoms in total. The van der Waals surface area contributed by atoms with Crippen LogP contribution in [0.4, 0.5) is 24.5 Å². The number of aryl methyl sites for hydroxylation is 1. The Bertz CT molecular complexity index is 901. The number of hydrogen-bond acceptors (Lipinski definition) is 3. The van der Waals surface area contributed by atoms with Crippen LogP contribution in [0.5, 0.6) is 0 Å². The fraction of sp³-hybridized carbons (Fsp3) is 0.333. The Labute approximate surface area is 178 Å². The smallest absolute Gasteiger partial charge is 0.325 e. The van der Waals surface area contributed by atoms with E-state index in [2.05, 4.69) is 10.6 Å². The van der Waals surface area contributed by atoms with Gasteiger partial charge in [-0.3, -0.25) is 14.5 Å². The summed E-state index contributed by atoms with van der Waals surface area (Å²) in [4.78, 5) is 26.1. The molecule has 0 aromatic heterocycles. The van der Waals surface area contributed by atoms with Crippen molar-refractivity contribution in [1.82, 2.24) is 4.90 Å². The Kier molecular flexibility index (Phi) is 7.86. The molecule has 2 amide bonds. The van der Waals surface area contributed by atoms with Crippen LogP contribution in [0.3, 0.4) is 0 Å². The first-order valence-corrected chi connectivity index (χ1v) is 9.65. The molecular formula is C21H23ClF3N3O2. The molecule has 0 unspecified atom stereocenters. The highest BCUT2D eigenvalue weighted by molar-refractivity contribution is 6.31. The van der Waals surface area contributed by atoms with Gasteiger partial charge < -0.3 is 10.6 Å². The lowest BCUT2D eigenvalue weighted by Crippen LogP contribution is -2.43. The van der Waals surface area contributed by atoms with E-state index in [4.69, 9.17) is 11.6 Å². The number of anilines is 2. The van der Waals surface area contributed by atoms with Gasteiger partial charge in [0.15, 0.2) is 0 Å². The van der Waals surface area contributed by atoms with Crippen LogP contribution in [-0.2, 0) is 22.2 Å². The Balaban J connectivity index is 1.95. The zero-order chi connectivity index (χ0) is 22.5. The molecule has 0 radical (unpaired) electrons. The molecule has 0 aliphatic heterocycles. The van der Waals surface area contributed by atoms with E-state index >= 15 is 0 Å². The van der Waals surface area contributed by atoms with Crippen molar-refractivity contribution >= 4 is 34.8 Å². The average molecular weight is 442 g/mol. The number of benzene rings is 2. The van der Waals surface area contributed by atoms with Gasteiger partial charge in [-0.25, -0.2) is 0 Å². The zero-order valence-electron chi connectivity index (χ0n) is 16.8. The summed E-state index contributed by atoms with van der Waals surface area (Å²) in [5, 5.41) is 4.72. The van der Waals surface area contributed by atoms with E-state index in [0.717, 1.165) is 24.1 Å². The minimum atomic E-state index is -4.63. The number of amides is 2. The number of nitrogens with zero attached hydrogens (tertiary/aromatic N) is 1. The molecule has 2 N–H and O–H groups in total. The van der Waals surface area contributed by atoms with E-state index in [1.165, 1.54) is 11.0 Å². The summed E-state index contributed by atoms with van der Waals surface area (Å²) in [5.41, 5.74) is 0.726. The van der Waals surface area contributed by atoms with E-state index in [1.807, 2.05) is 19.1 Å². The van der Waals surface area contributed by atoms with Crippen LogP contribution in [-0.4, -0.2) is 36.3 Å². The lowest BCUT2D eigenvalue weighted by Gasteiger charge is -2.23. The number of rotatable bonds is 7. The van der Waals surface area contributed by atoms with Crippen LogP contribution in [0, 0.1) is 0 Å². The van der Waals surface area contributed by atoms with E-state index in [0.29, 0.717) is 5.69 Å². The molecule has 162 valence electrons. The predicted octanol–water partition coefficient (Wildman–Crippen LogP) is 4.82. The number of alkyl halides is 3. The van der Waals surface area contributed by atoms with E-state index in [-0.39, 0.29) is 18.1 Å². The molecule has 2 rings (SSSR count). The molecule has 0 bridgehead atoms. The van der Waals surface area contributed by atoms with Crippen LogP contribution >= 0.6 is 11.6 Å². The SMILES string of the molecule is CCc1ccc(NC(=O)[C@@H](C)N(C)CC(=O)Nc2ccc(Cl)c(C(F)(F)F)c2)cc1. The molecule has 1 atom stereocenters. The normalized spacial score (nSPS) is 12.5. The van der Waals surface area contributed by atoms with E-state index in [1.54, 1.807) is 26.1 Å².